The van der Waals surface area contributed by atoms with Crippen LogP contribution in [0.25, 0.3) is 0 Å². The summed E-state index contributed by atoms with van der Waals surface area (Å²) in [6.07, 6.45) is 0. The molecule has 0 atom stereocenters. The van der Waals surface area contributed by atoms with E-state index in [0.29, 0.717) is 23.6 Å². The van der Waals surface area contributed by atoms with Gasteiger partial charge >= 0.3 is 5.97 Å². The van der Waals surface area contributed by atoms with Crippen molar-refractivity contribution < 1.29 is 14.3 Å². The lowest BCUT2D eigenvalue weighted by Gasteiger charge is -2.09. The van der Waals surface area contributed by atoms with Crippen LogP contribution in [0.5, 0.6) is 5.75 Å². The second-order valence-electron chi connectivity index (χ2n) is 3.66. The molecule has 0 saturated heterocycles. The van der Waals surface area contributed by atoms with Gasteiger partial charge in [-0.25, -0.2) is 4.79 Å². The van der Waals surface area contributed by atoms with E-state index in [1.54, 1.807) is 29.5 Å². The maximum Gasteiger partial charge on any atom is 0.337 e. The molecule has 0 saturated carbocycles. The summed E-state index contributed by atoms with van der Waals surface area (Å²) in [7, 11) is 1.34. The molecule has 0 fully saturated rings. The van der Waals surface area contributed by atoms with Gasteiger partial charge in [0.1, 0.15) is 12.4 Å². The normalized spacial score (nSPS) is 10.1. The fourth-order valence-corrected chi connectivity index (χ4v) is 2.09. The predicted octanol–water partition coefficient (Wildman–Crippen LogP) is 2.70. The van der Waals surface area contributed by atoms with E-state index >= 15 is 0 Å². The predicted molar refractivity (Wildman–Crippen MR) is 70.8 cm³/mol. The van der Waals surface area contributed by atoms with Gasteiger partial charge in [0, 0.05) is 0 Å². The van der Waals surface area contributed by atoms with Crippen molar-refractivity contribution in [2.24, 2.45) is 0 Å². The van der Waals surface area contributed by atoms with Gasteiger partial charge in [-0.1, -0.05) is 0 Å². The Morgan fingerprint density at radius 2 is 2.22 bits per heavy atom. The minimum atomic E-state index is -0.407. The molecule has 94 valence electrons. The highest BCUT2D eigenvalue weighted by atomic mass is 32.1. The van der Waals surface area contributed by atoms with Gasteiger partial charge in [0.25, 0.3) is 0 Å². The first-order valence-corrected chi connectivity index (χ1v) is 6.26. The first-order valence-electron chi connectivity index (χ1n) is 5.32. The SMILES string of the molecule is COC(=O)c1ccc(N)c(OCc2ccsc2)c1. The van der Waals surface area contributed by atoms with E-state index in [0.717, 1.165) is 5.56 Å². The Hall–Kier alpha value is -2.01. The minimum absolute atomic E-state index is 0.407. The third kappa shape index (κ3) is 2.81. The van der Waals surface area contributed by atoms with Crippen molar-refractivity contribution in [1.29, 1.82) is 0 Å². The van der Waals surface area contributed by atoms with E-state index in [1.165, 1.54) is 7.11 Å². The number of ether oxygens (including phenoxy) is 2. The standard InChI is InChI=1S/C13H13NO3S/c1-16-13(15)10-2-3-11(14)12(6-10)17-7-9-4-5-18-8-9/h2-6,8H,7,14H2,1H3. The molecule has 0 unspecified atom stereocenters. The van der Waals surface area contributed by atoms with Gasteiger partial charge < -0.3 is 15.2 Å². The van der Waals surface area contributed by atoms with Gasteiger partial charge in [-0.05, 0) is 40.6 Å². The quantitative estimate of drug-likeness (QED) is 0.680. The largest absolute Gasteiger partial charge is 0.487 e. The third-order valence-electron chi connectivity index (χ3n) is 2.41. The summed E-state index contributed by atoms with van der Waals surface area (Å²) in [6.45, 7) is 0.429. The zero-order valence-corrected chi connectivity index (χ0v) is 10.7. The van der Waals surface area contributed by atoms with Crippen LogP contribution in [0.15, 0.2) is 35.0 Å². The highest BCUT2D eigenvalue weighted by Gasteiger charge is 2.09. The van der Waals surface area contributed by atoms with Crippen LogP contribution in [-0.2, 0) is 11.3 Å². The Labute approximate surface area is 109 Å². The number of methoxy groups -OCH3 is 1. The Bertz CT molecular complexity index is 537. The molecule has 0 bridgehead atoms. The maximum absolute atomic E-state index is 11.4. The zero-order valence-electron chi connectivity index (χ0n) is 9.88. The van der Waals surface area contributed by atoms with Crippen LogP contribution in [0.4, 0.5) is 5.69 Å². The van der Waals surface area contributed by atoms with Gasteiger partial charge in [0.15, 0.2) is 0 Å². The van der Waals surface area contributed by atoms with Crippen LogP contribution >= 0.6 is 11.3 Å². The lowest BCUT2D eigenvalue weighted by molar-refractivity contribution is 0.0600. The van der Waals surface area contributed by atoms with Crippen LogP contribution in [-0.4, -0.2) is 13.1 Å². The first kappa shape index (κ1) is 12.4. The Morgan fingerprint density at radius 1 is 1.39 bits per heavy atom. The van der Waals surface area contributed by atoms with E-state index < -0.39 is 5.97 Å². The van der Waals surface area contributed by atoms with Crippen LogP contribution in [0.3, 0.4) is 0 Å². The second-order valence-corrected chi connectivity index (χ2v) is 4.44. The van der Waals surface area contributed by atoms with Crippen LogP contribution in [0.1, 0.15) is 15.9 Å². The molecule has 18 heavy (non-hydrogen) atoms. The number of benzene rings is 1. The lowest BCUT2D eigenvalue weighted by Crippen LogP contribution is -2.04. The molecule has 0 spiro atoms. The number of rotatable bonds is 4. The molecule has 0 aliphatic heterocycles. The van der Waals surface area contributed by atoms with Gasteiger partial charge in [0.2, 0.25) is 0 Å². The van der Waals surface area contributed by atoms with E-state index in [4.69, 9.17) is 10.5 Å². The van der Waals surface area contributed by atoms with Crippen molar-refractivity contribution >= 4 is 23.0 Å². The zero-order chi connectivity index (χ0) is 13.0. The second kappa shape index (κ2) is 5.55. The third-order valence-corrected chi connectivity index (χ3v) is 3.14. The van der Waals surface area contributed by atoms with Gasteiger partial charge in [-0.15, -0.1) is 0 Å². The molecular formula is C13H13NO3S. The van der Waals surface area contributed by atoms with Crippen molar-refractivity contribution in [3.05, 3.63) is 46.2 Å². The number of carbonyl (C=O) groups is 1. The van der Waals surface area contributed by atoms with E-state index in [2.05, 4.69) is 4.74 Å². The molecule has 0 amide bonds. The molecule has 2 rings (SSSR count). The Balaban J connectivity index is 2.13. The summed E-state index contributed by atoms with van der Waals surface area (Å²) in [5.41, 5.74) is 7.79. The monoisotopic (exact) mass is 263 g/mol. The topological polar surface area (TPSA) is 61.5 Å². The van der Waals surface area contributed by atoms with Crippen molar-refractivity contribution in [2.75, 3.05) is 12.8 Å². The number of anilines is 1. The van der Waals surface area contributed by atoms with Crippen molar-refractivity contribution in [3.8, 4) is 5.75 Å². The van der Waals surface area contributed by atoms with Crippen LogP contribution < -0.4 is 10.5 Å². The molecule has 0 aliphatic rings. The smallest absolute Gasteiger partial charge is 0.337 e. The van der Waals surface area contributed by atoms with Crippen LogP contribution in [0.2, 0.25) is 0 Å². The maximum atomic E-state index is 11.4. The average Bonchev–Trinajstić information content (AvgIpc) is 2.90. The molecule has 1 heterocycles. The highest BCUT2D eigenvalue weighted by Crippen LogP contribution is 2.24. The molecule has 2 N–H and O–H groups in total. The Kier molecular flexibility index (Phi) is 3.84. The minimum Gasteiger partial charge on any atom is -0.487 e. The molecule has 4 nitrogen and oxygen atoms in total. The number of hydrogen-bond donors (Lipinski definition) is 1. The van der Waals surface area contributed by atoms with Gasteiger partial charge in [-0.3, -0.25) is 0 Å². The fraction of sp³-hybridized carbons (Fsp3) is 0.154. The molecule has 0 radical (unpaired) electrons. The molecule has 0 aliphatic carbocycles. The molecular weight excluding hydrogens is 250 g/mol. The van der Waals surface area contributed by atoms with E-state index in [1.807, 2.05) is 16.8 Å². The number of thiophene rings is 1. The van der Waals surface area contributed by atoms with E-state index in [-0.39, 0.29) is 0 Å². The Morgan fingerprint density at radius 3 is 2.89 bits per heavy atom. The van der Waals surface area contributed by atoms with Crippen molar-refractivity contribution in [2.45, 2.75) is 6.61 Å². The van der Waals surface area contributed by atoms with Gasteiger partial charge in [0.05, 0.1) is 18.4 Å². The lowest BCUT2D eigenvalue weighted by atomic mass is 10.2. The van der Waals surface area contributed by atoms with Crippen LogP contribution in [0, 0.1) is 0 Å². The summed E-state index contributed by atoms with van der Waals surface area (Å²) in [6, 6.07) is 6.81. The number of carbonyl (C=O) groups excluding carboxylic acids is 1. The number of nitrogen functional groups attached to an aromatic ring is 1. The molecule has 5 heteroatoms. The van der Waals surface area contributed by atoms with Crippen molar-refractivity contribution in [3.63, 3.8) is 0 Å². The summed E-state index contributed by atoms with van der Waals surface area (Å²) in [4.78, 5) is 11.4. The number of esters is 1. The molecule has 2 aromatic rings. The average molecular weight is 263 g/mol. The van der Waals surface area contributed by atoms with E-state index in [9.17, 15) is 4.79 Å². The molecule has 1 aromatic carbocycles. The number of hydrogen-bond acceptors (Lipinski definition) is 5. The molecule has 1 aromatic heterocycles. The highest BCUT2D eigenvalue weighted by molar-refractivity contribution is 7.07. The first-order chi connectivity index (χ1) is 8.70. The fourth-order valence-electron chi connectivity index (χ4n) is 1.44. The summed E-state index contributed by atoms with van der Waals surface area (Å²) >= 11 is 1.61. The summed E-state index contributed by atoms with van der Waals surface area (Å²) < 4.78 is 10.2. The number of nitrogens with two attached hydrogens (primary N) is 1. The summed E-state index contributed by atoms with van der Waals surface area (Å²) in [5, 5.41) is 3.98. The van der Waals surface area contributed by atoms with Crippen molar-refractivity contribution in [1.82, 2.24) is 0 Å². The summed E-state index contributed by atoms with van der Waals surface area (Å²) in [5.74, 6) is 0.0829. The van der Waals surface area contributed by atoms with Gasteiger partial charge in [-0.2, -0.15) is 11.3 Å².